The normalized spacial score (nSPS) is 9.87. The van der Waals surface area contributed by atoms with E-state index in [2.05, 4.69) is 25.5 Å². The molecule has 2 rings (SSSR count). The number of aromatic nitrogens is 4. The largest absolute Gasteiger partial charge is 0.384 e. The van der Waals surface area contributed by atoms with Gasteiger partial charge >= 0.3 is 0 Å². The van der Waals surface area contributed by atoms with E-state index >= 15 is 0 Å². The molecule has 6 nitrogen and oxygen atoms in total. The van der Waals surface area contributed by atoms with Gasteiger partial charge in [-0.25, -0.2) is 9.97 Å². The van der Waals surface area contributed by atoms with Crippen molar-refractivity contribution in [3.8, 4) is 0 Å². The average molecular weight is 202 g/mol. The summed E-state index contributed by atoms with van der Waals surface area (Å²) in [5, 5.41) is 10.8. The molecule has 6 heteroatoms. The Hall–Kier alpha value is -2.24. The van der Waals surface area contributed by atoms with Gasteiger partial charge < -0.3 is 11.1 Å². The highest BCUT2D eigenvalue weighted by molar-refractivity contribution is 5.43. The predicted octanol–water partition coefficient (Wildman–Crippen LogP) is 0.461. The van der Waals surface area contributed by atoms with E-state index in [-0.39, 0.29) is 0 Å². The molecule has 3 N–H and O–H groups in total. The fourth-order valence-electron chi connectivity index (χ4n) is 1.08. The lowest BCUT2D eigenvalue weighted by Crippen LogP contribution is -2.04. The number of nitrogens with zero attached hydrogens (tertiary/aromatic N) is 4. The first kappa shape index (κ1) is 9.32. The highest BCUT2D eigenvalue weighted by Crippen LogP contribution is 2.05. The molecule has 76 valence electrons. The topological polar surface area (TPSA) is 89.6 Å². The van der Waals surface area contributed by atoms with Crippen molar-refractivity contribution >= 4 is 11.6 Å². The fraction of sp³-hybridized carbons (Fsp3) is 0.111. The van der Waals surface area contributed by atoms with E-state index in [1.54, 1.807) is 12.3 Å². The van der Waals surface area contributed by atoms with Gasteiger partial charge in [0.15, 0.2) is 0 Å². The van der Waals surface area contributed by atoms with Crippen LogP contribution in [0.5, 0.6) is 0 Å². The second kappa shape index (κ2) is 4.32. The summed E-state index contributed by atoms with van der Waals surface area (Å²) in [5.41, 5.74) is 6.35. The van der Waals surface area contributed by atoms with Crippen LogP contribution in [0.1, 0.15) is 5.69 Å². The molecular weight excluding hydrogens is 192 g/mol. The van der Waals surface area contributed by atoms with Crippen molar-refractivity contribution in [1.29, 1.82) is 0 Å². The third-order valence-electron chi connectivity index (χ3n) is 1.77. The SMILES string of the molecule is Nc1cc(NCc2cccnn2)ncn1. The number of rotatable bonds is 3. The van der Waals surface area contributed by atoms with Crippen LogP contribution in [0, 0.1) is 0 Å². The molecule has 0 bridgehead atoms. The summed E-state index contributed by atoms with van der Waals surface area (Å²) in [4.78, 5) is 7.80. The van der Waals surface area contributed by atoms with Crippen LogP contribution in [0.2, 0.25) is 0 Å². The molecule has 0 aliphatic heterocycles. The number of hydrogen-bond donors (Lipinski definition) is 2. The van der Waals surface area contributed by atoms with Gasteiger partial charge in [0.1, 0.15) is 18.0 Å². The van der Waals surface area contributed by atoms with Crippen molar-refractivity contribution in [3.05, 3.63) is 36.4 Å². The van der Waals surface area contributed by atoms with Crippen LogP contribution in [-0.4, -0.2) is 20.2 Å². The maximum Gasteiger partial charge on any atom is 0.131 e. The molecule has 2 heterocycles. The van der Waals surface area contributed by atoms with Gasteiger partial charge in [-0.1, -0.05) is 0 Å². The monoisotopic (exact) mass is 202 g/mol. The first-order chi connectivity index (χ1) is 7.34. The molecule has 0 aliphatic carbocycles. The summed E-state index contributed by atoms with van der Waals surface area (Å²) < 4.78 is 0. The molecule has 0 fully saturated rings. The summed E-state index contributed by atoms with van der Waals surface area (Å²) in [7, 11) is 0. The molecule has 0 aromatic carbocycles. The lowest BCUT2D eigenvalue weighted by atomic mass is 10.4. The van der Waals surface area contributed by atoms with Gasteiger partial charge in [-0.05, 0) is 12.1 Å². The van der Waals surface area contributed by atoms with Crippen LogP contribution in [0.25, 0.3) is 0 Å². The first-order valence-electron chi connectivity index (χ1n) is 4.42. The van der Waals surface area contributed by atoms with E-state index in [4.69, 9.17) is 5.73 Å². The van der Waals surface area contributed by atoms with Gasteiger partial charge in [0.25, 0.3) is 0 Å². The highest BCUT2D eigenvalue weighted by Gasteiger charge is 1.96. The average Bonchev–Trinajstić information content (AvgIpc) is 2.28. The Morgan fingerprint density at radius 1 is 1.33 bits per heavy atom. The Balaban J connectivity index is 1.99. The lowest BCUT2D eigenvalue weighted by molar-refractivity contribution is 0.919. The number of nitrogens with one attached hydrogen (secondary N) is 1. The molecule has 0 amide bonds. The van der Waals surface area contributed by atoms with Gasteiger partial charge in [0.05, 0.1) is 12.2 Å². The zero-order valence-electron chi connectivity index (χ0n) is 7.96. The van der Waals surface area contributed by atoms with Crippen molar-refractivity contribution < 1.29 is 0 Å². The zero-order valence-corrected chi connectivity index (χ0v) is 7.96. The predicted molar refractivity (Wildman–Crippen MR) is 55.8 cm³/mol. The lowest BCUT2D eigenvalue weighted by Gasteiger charge is -2.03. The summed E-state index contributed by atoms with van der Waals surface area (Å²) in [6.07, 6.45) is 3.04. The molecule has 0 radical (unpaired) electrons. The molecule has 0 saturated carbocycles. The van der Waals surface area contributed by atoms with Gasteiger partial charge in [0.2, 0.25) is 0 Å². The van der Waals surface area contributed by atoms with Crippen molar-refractivity contribution in [3.63, 3.8) is 0 Å². The van der Waals surface area contributed by atoms with Crippen molar-refractivity contribution in [2.45, 2.75) is 6.54 Å². The summed E-state index contributed by atoms with van der Waals surface area (Å²) in [5.74, 6) is 1.11. The standard InChI is InChI=1S/C9H10N6/c10-8-4-9(13-6-12-8)11-5-7-2-1-3-14-15-7/h1-4,6H,5H2,(H3,10,11,12,13). The minimum Gasteiger partial charge on any atom is -0.384 e. The van der Waals surface area contributed by atoms with Crippen LogP contribution < -0.4 is 11.1 Å². The zero-order chi connectivity index (χ0) is 10.5. The maximum absolute atomic E-state index is 5.51. The summed E-state index contributed by atoms with van der Waals surface area (Å²) >= 11 is 0. The van der Waals surface area contributed by atoms with Crippen LogP contribution in [0.15, 0.2) is 30.7 Å². The smallest absolute Gasteiger partial charge is 0.131 e. The first-order valence-corrected chi connectivity index (χ1v) is 4.42. The van der Waals surface area contributed by atoms with Crippen LogP contribution in [0.3, 0.4) is 0 Å². The van der Waals surface area contributed by atoms with Crippen molar-refractivity contribution in [2.75, 3.05) is 11.1 Å². The van der Waals surface area contributed by atoms with Crippen molar-refractivity contribution in [2.24, 2.45) is 0 Å². The van der Waals surface area contributed by atoms with Crippen molar-refractivity contribution in [1.82, 2.24) is 20.2 Å². The Morgan fingerprint density at radius 3 is 3.00 bits per heavy atom. The van der Waals surface area contributed by atoms with Crippen LogP contribution in [0.4, 0.5) is 11.6 Å². The number of hydrogen-bond acceptors (Lipinski definition) is 6. The molecule has 0 aliphatic rings. The number of nitrogen functional groups attached to an aromatic ring is 1. The van der Waals surface area contributed by atoms with Gasteiger partial charge in [-0.2, -0.15) is 10.2 Å². The third kappa shape index (κ3) is 2.60. The van der Waals surface area contributed by atoms with E-state index in [0.29, 0.717) is 18.2 Å². The molecule has 0 atom stereocenters. The molecule has 0 unspecified atom stereocenters. The van der Waals surface area contributed by atoms with E-state index in [1.807, 2.05) is 12.1 Å². The Bertz CT molecular complexity index is 430. The molecule has 2 aromatic heterocycles. The Labute approximate surface area is 86.6 Å². The van der Waals surface area contributed by atoms with E-state index in [0.717, 1.165) is 5.69 Å². The quantitative estimate of drug-likeness (QED) is 0.751. The fourth-order valence-corrected chi connectivity index (χ4v) is 1.08. The Kier molecular flexibility index (Phi) is 2.68. The second-order valence-electron chi connectivity index (χ2n) is 2.90. The molecular formula is C9H10N6. The molecule has 15 heavy (non-hydrogen) atoms. The summed E-state index contributed by atoms with van der Waals surface area (Å²) in [6.45, 7) is 0.560. The molecule has 0 saturated heterocycles. The minimum atomic E-state index is 0.437. The van der Waals surface area contributed by atoms with E-state index in [1.165, 1.54) is 6.33 Å². The van der Waals surface area contributed by atoms with Gasteiger partial charge in [0, 0.05) is 12.3 Å². The highest BCUT2D eigenvalue weighted by atomic mass is 15.1. The van der Waals surface area contributed by atoms with Gasteiger partial charge in [-0.15, -0.1) is 0 Å². The Morgan fingerprint density at radius 2 is 2.27 bits per heavy atom. The van der Waals surface area contributed by atoms with E-state index < -0.39 is 0 Å². The summed E-state index contributed by atoms with van der Waals surface area (Å²) in [6, 6.07) is 5.37. The van der Waals surface area contributed by atoms with Crippen LogP contribution in [-0.2, 0) is 6.54 Å². The van der Waals surface area contributed by atoms with E-state index in [9.17, 15) is 0 Å². The minimum absolute atomic E-state index is 0.437. The number of nitrogens with two attached hydrogens (primary N) is 1. The third-order valence-corrected chi connectivity index (χ3v) is 1.77. The maximum atomic E-state index is 5.51. The van der Waals surface area contributed by atoms with Crippen LogP contribution >= 0.6 is 0 Å². The molecule has 2 aromatic rings. The van der Waals surface area contributed by atoms with Gasteiger partial charge in [-0.3, -0.25) is 0 Å². The number of anilines is 2. The second-order valence-corrected chi connectivity index (χ2v) is 2.90. The molecule has 0 spiro atoms.